The first kappa shape index (κ1) is 23.5. The molecule has 0 heterocycles. The second-order valence-electron chi connectivity index (χ2n) is 6.07. The molecule has 0 aliphatic heterocycles. The van der Waals surface area contributed by atoms with E-state index in [1.807, 2.05) is 13.0 Å². The fourth-order valence-corrected chi connectivity index (χ4v) is 2.69. The van der Waals surface area contributed by atoms with Crippen molar-refractivity contribution in [3.63, 3.8) is 0 Å². The van der Waals surface area contributed by atoms with Gasteiger partial charge in [0, 0.05) is 26.3 Å². The summed E-state index contributed by atoms with van der Waals surface area (Å²) >= 11 is 0. The average molecular weight is 485 g/mol. The lowest BCUT2D eigenvalue weighted by Crippen LogP contribution is -2.37. The molecule has 0 spiro atoms. The van der Waals surface area contributed by atoms with Crippen molar-refractivity contribution in [1.82, 2.24) is 10.6 Å². The van der Waals surface area contributed by atoms with Crippen LogP contribution in [0.2, 0.25) is 0 Å². The van der Waals surface area contributed by atoms with Gasteiger partial charge in [-0.1, -0.05) is 18.2 Å². The first-order chi connectivity index (χ1) is 12.8. The highest BCUT2D eigenvalue weighted by atomic mass is 127. The Hall–Kier alpha value is -1.54. The second kappa shape index (κ2) is 13.6. The Balaban J connectivity index is 0.00000364. The molecular weight excluding hydrogens is 453 g/mol. The highest BCUT2D eigenvalue weighted by Gasteiger charge is 2.01. The van der Waals surface area contributed by atoms with Gasteiger partial charge in [-0.2, -0.15) is 0 Å². The molecule has 0 fully saturated rings. The minimum Gasteiger partial charge on any atom is -0.497 e. The van der Waals surface area contributed by atoms with E-state index in [1.54, 1.807) is 7.11 Å². The maximum Gasteiger partial charge on any atom is 0.191 e. The normalized spacial score (nSPS) is 11.1. The standard InChI is InChI=1S/C21H31N3O2.HI/c1-4-22-21(23-12-6-7-13-26-5-2)24-16-17-8-9-19-15-20(25-3)11-10-18(19)14-17;/h8-11,14-15H,4-7,12-13,16H2,1-3H3,(H2,22,23,24);1H. The minimum absolute atomic E-state index is 0. The molecule has 0 saturated carbocycles. The third kappa shape index (κ3) is 8.34. The van der Waals surface area contributed by atoms with E-state index in [-0.39, 0.29) is 24.0 Å². The van der Waals surface area contributed by atoms with Crippen molar-refractivity contribution in [3.05, 3.63) is 42.0 Å². The minimum atomic E-state index is 0. The summed E-state index contributed by atoms with van der Waals surface area (Å²) < 4.78 is 10.6. The van der Waals surface area contributed by atoms with E-state index in [1.165, 1.54) is 16.3 Å². The van der Waals surface area contributed by atoms with Crippen molar-refractivity contribution >= 4 is 40.7 Å². The number of guanidine groups is 1. The molecule has 2 N–H and O–H groups in total. The number of aliphatic imine (C=N–C) groups is 1. The topological polar surface area (TPSA) is 54.9 Å². The van der Waals surface area contributed by atoms with Crippen LogP contribution in [0.5, 0.6) is 5.75 Å². The Kier molecular flexibility index (Phi) is 11.8. The molecule has 0 aromatic heterocycles. The molecule has 5 nitrogen and oxygen atoms in total. The number of unbranched alkanes of at least 4 members (excludes halogenated alkanes) is 1. The van der Waals surface area contributed by atoms with Crippen molar-refractivity contribution in [3.8, 4) is 5.75 Å². The van der Waals surface area contributed by atoms with E-state index >= 15 is 0 Å². The number of hydrogen-bond donors (Lipinski definition) is 2. The summed E-state index contributed by atoms with van der Waals surface area (Å²) in [6.07, 6.45) is 2.14. The van der Waals surface area contributed by atoms with Crippen LogP contribution in [-0.4, -0.2) is 39.4 Å². The predicted molar refractivity (Wildman–Crippen MR) is 124 cm³/mol. The molecule has 6 heteroatoms. The fourth-order valence-electron chi connectivity index (χ4n) is 2.69. The predicted octanol–water partition coefficient (Wildman–Crippen LogP) is 4.34. The summed E-state index contributed by atoms with van der Waals surface area (Å²) in [6.45, 7) is 8.12. The lowest BCUT2D eigenvalue weighted by Gasteiger charge is -2.11. The van der Waals surface area contributed by atoms with Crippen molar-refractivity contribution in [1.29, 1.82) is 0 Å². The molecule has 2 rings (SSSR count). The molecule has 150 valence electrons. The zero-order valence-corrected chi connectivity index (χ0v) is 18.9. The molecule has 0 atom stereocenters. The van der Waals surface area contributed by atoms with E-state index in [4.69, 9.17) is 14.5 Å². The highest BCUT2D eigenvalue weighted by Crippen LogP contribution is 2.22. The summed E-state index contributed by atoms with van der Waals surface area (Å²) in [5.74, 6) is 1.74. The van der Waals surface area contributed by atoms with Gasteiger partial charge < -0.3 is 20.1 Å². The number of hydrogen-bond acceptors (Lipinski definition) is 3. The quantitative estimate of drug-likeness (QED) is 0.228. The van der Waals surface area contributed by atoms with E-state index in [2.05, 4.69) is 47.9 Å². The van der Waals surface area contributed by atoms with Gasteiger partial charge >= 0.3 is 0 Å². The molecule has 27 heavy (non-hydrogen) atoms. The van der Waals surface area contributed by atoms with Crippen LogP contribution in [0.4, 0.5) is 0 Å². The van der Waals surface area contributed by atoms with E-state index in [0.717, 1.165) is 50.9 Å². The first-order valence-corrected chi connectivity index (χ1v) is 9.43. The van der Waals surface area contributed by atoms with Gasteiger partial charge in [-0.3, -0.25) is 0 Å². The Morgan fingerprint density at radius 3 is 2.52 bits per heavy atom. The molecule has 0 aliphatic carbocycles. The Bertz CT molecular complexity index is 707. The number of fused-ring (bicyclic) bond motifs is 1. The summed E-state index contributed by atoms with van der Waals surface area (Å²) in [5.41, 5.74) is 1.19. The number of methoxy groups -OCH3 is 1. The van der Waals surface area contributed by atoms with E-state index < -0.39 is 0 Å². The van der Waals surface area contributed by atoms with Gasteiger partial charge in [0.1, 0.15) is 5.75 Å². The molecule has 0 amide bonds. The SMILES string of the molecule is CCNC(=NCc1ccc2cc(OC)ccc2c1)NCCCCOCC.I. The summed E-state index contributed by atoms with van der Waals surface area (Å²) in [4.78, 5) is 4.70. The van der Waals surface area contributed by atoms with Crippen LogP contribution in [-0.2, 0) is 11.3 Å². The Morgan fingerprint density at radius 2 is 1.78 bits per heavy atom. The van der Waals surface area contributed by atoms with Crippen LogP contribution >= 0.6 is 24.0 Å². The largest absolute Gasteiger partial charge is 0.497 e. The van der Waals surface area contributed by atoms with Crippen LogP contribution in [0.1, 0.15) is 32.3 Å². The van der Waals surface area contributed by atoms with Gasteiger partial charge in [0.25, 0.3) is 0 Å². The molecule has 0 aliphatic rings. The zero-order chi connectivity index (χ0) is 18.6. The number of halogens is 1. The molecule has 0 bridgehead atoms. The monoisotopic (exact) mass is 485 g/mol. The van der Waals surface area contributed by atoms with Crippen molar-refractivity contribution in [2.75, 3.05) is 33.4 Å². The molecule has 0 saturated heterocycles. The first-order valence-electron chi connectivity index (χ1n) is 9.43. The van der Waals surface area contributed by atoms with E-state index in [9.17, 15) is 0 Å². The third-order valence-electron chi connectivity index (χ3n) is 4.09. The summed E-state index contributed by atoms with van der Waals surface area (Å²) in [5, 5.41) is 9.06. The van der Waals surface area contributed by atoms with Crippen molar-refractivity contribution < 1.29 is 9.47 Å². The fraction of sp³-hybridized carbons (Fsp3) is 0.476. The highest BCUT2D eigenvalue weighted by molar-refractivity contribution is 14.0. The van der Waals surface area contributed by atoms with Crippen LogP contribution in [0.25, 0.3) is 10.8 Å². The van der Waals surface area contributed by atoms with Gasteiger partial charge in [-0.15, -0.1) is 24.0 Å². The molecule has 0 radical (unpaired) electrons. The van der Waals surface area contributed by atoms with Crippen LogP contribution in [0, 0.1) is 0 Å². The molecular formula is C21H32IN3O2. The number of rotatable bonds is 10. The number of benzene rings is 2. The van der Waals surface area contributed by atoms with Gasteiger partial charge in [-0.05, 0) is 61.2 Å². The summed E-state index contributed by atoms with van der Waals surface area (Å²) in [7, 11) is 1.69. The lowest BCUT2D eigenvalue weighted by atomic mass is 10.1. The molecule has 2 aromatic rings. The Labute approximate surface area is 179 Å². The Morgan fingerprint density at radius 1 is 1.00 bits per heavy atom. The zero-order valence-electron chi connectivity index (χ0n) is 16.6. The van der Waals surface area contributed by atoms with Gasteiger partial charge in [0.05, 0.1) is 13.7 Å². The van der Waals surface area contributed by atoms with Gasteiger partial charge in [-0.25, -0.2) is 4.99 Å². The molecule has 0 unspecified atom stereocenters. The maximum absolute atomic E-state index is 5.36. The van der Waals surface area contributed by atoms with Crippen LogP contribution < -0.4 is 15.4 Å². The maximum atomic E-state index is 5.36. The van der Waals surface area contributed by atoms with Crippen molar-refractivity contribution in [2.45, 2.75) is 33.2 Å². The van der Waals surface area contributed by atoms with E-state index in [0.29, 0.717) is 6.54 Å². The van der Waals surface area contributed by atoms with Crippen LogP contribution in [0.15, 0.2) is 41.4 Å². The lowest BCUT2D eigenvalue weighted by molar-refractivity contribution is 0.143. The smallest absolute Gasteiger partial charge is 0.191 e. The molecule has 2 aromatic carbocycles. The number of ether oxygens (including phenoxy) is 2. The third-order valence-corrected chi connectivity index (χ3v) is 4.09. The summed E-state index contributed by atoms with van der Waals surface area (Å²) in [6, 6.07) is 12.6. The van der Waals surface area contributed by atoms with Crippen molar-refractivity contribution in [2.24, 2.45) is 4.99 Å². The van der Waals surface area contributed by atoms with Gasteiger partial charge in [0.2, 0.25) is 0 Å². The average Bonchev–Trinajstić information content (AvgIpc) is 2.68. The number of nitrogens with one attached hydrogen (secondary N) is 2. The second-order valence-corrected chi connectivity index (χ2v) is 6.07. The van der Waals surface area contributed by atoms with Gasteiger partial charge in [0.15, 0.2) is 5.96 Å². The van der Waals surface area contributed by atoms with Crippen LogP contribution in [0.3, 0.4) is 0 Å². The number of nitrogens with zero attached hydrogens (tertiary/aromatic N) is 1.